The summed E-state index contributed by atoms with van der Waals surface area (Å²) in [5, 5.41) is 8.50. The molecule has 0 N–H and O–H groups in total. The Morgan fingerprint density at radius 2 is 2.18 bits per heavy atom. The summed E-state index contributed by atoms with van der Waals surface area (Å²) in [5.41, 5.74) is 0.327. The fourth-order valence-corrected chi connectivity index (χ4v) is 2.78. The van der Waals surface area contributed by atoms with Crippen LogP contribution < -0.4 is 5.56 Å². The van der Waals surface area contributed by atoms with E-state index in [1.165, 1.54) is 10.9 Å². The van der Waals surface area contributed by atoms with E-state index >= 15 is 0 Å². The van der Waals surface area contributed by atoms with Crippen molar-refractivity contribution in [3.05, 3.63) is 33.0 Å². The fourth-order valence-electron chi connectivity index (χ4n) is 2.20. The van der Waals surface area contributed by atoms with Crippen molar-refractivity contribution >= 4 is 27.0 Å². The maximum atomic E-state index is 12.5. The Balaban J connectivity index is 1.94. The molecular formula is C13H15BrN6O2. The molecule has 0 aliphatic rings. The minimum absolute atomic E-state index is 0.189. The molecule has 0 spiro atoms. The predicted octanol–water partition coefficient (Wildman–Crippen LogP) is 1.52. The molecule has 0 unspecified atom stereocenters. The van der Waals surface area contributed by atoms with Crippen molar-refractivity contribution in [3.63, 3.8) is 0 Å². The molecule has 3 aromatic heterocycles. The molecule has 3 heterocycles. The first kappa shape index (κ1) is 14.9. The van der Waals surface area contributed by atoms with Crippen LogP contribution in [0.2, 0.25) is 0 Å². The number of aryl methyl sites for hydroxylation is 1. The van der Waals surface area contributed by atoms with E-state index in [1.54, 1.807) is 11.7 Å². The molecule has 22 heavy (non-hydrogen) atoms. The van der Waals surface area contributed by atoms with Gasteiger partial charge in [0.15, 0.2) is 11.5 Å². The molecule has 0 atom stereocenters. The van der Waals surface area contributed by atoms with Crippen LogP contribution in [0.25, 0.3) is 11.0 Å². The van der Waals surface area contributed by atoms with Gasteiger partial charge in [0.2, 0.25) is 5.89 Å². The van der Waals surface area contributed by atoms with E-state index in [9.17, 15) is 4.79 Å². The zero-order valence-corrected chi connectivity index (χ0v) is 14.0. The van der Waals surface area contributed by atoms with Gasteiger partial charge in [-0.2, -0.15) is 10.1 Å². The summed E-state index contributed by atoms with van der Waals surface area (Å²) in [5.74, 6) is 1.48. The normalized spacial score (nSPS) is 11.7. The minimum Gasteiger partial charge on any atom is -0.337 e. The van der Waals surface area contributed by atoms with Crippen molar-refractivity contribution in [1.82, 2.24) is 29.5 Å². The molecule has 0 radical (unpaired) electrons. The Morgan fingerprint density at radius 3 is 2.91 bits per heavy atom. The Bertz CT molecular complexity index is 878. The highest BCUT2D eigenvalue weighted by Crippen LogP contribution is 2.16. The molecule has 0 saturated heterocycles. The van der Waals surface area contributed by atoms with Crippen molar-refractivity contribution in [2.45, 2.75) is 26.8 Å². The van der Waals surface area contributed by atoms with Gasteiger partial charge in [-0.15, -0.1) is 0 Å². The highest BCUT2D eigenvalue weighted by Gasteiger charge is 2.15. The molecule has 3 rings (SSSR count). The van der Waals surface area contributed by atoms with E-state index < -0.39 is 0 Å². The largest absolute Gasteiger partial charge is 0.337 e. The van der Waals surface area contributed by atoms with Crippen molar-refractivity contribution in [1.29, 1.82) is 0 Å². The van der Waals surface area contributed by atoms with Gasteiger partial charge in [0.25, 0.3) is 5.56 Å². The lowest BCUT2D eigenvalue weighted by atomic mass is 10.1. The highest BCUT2D eigenvalue weighted by molar-refractivity contribution is 9.10. The Hall–Kier alpha value is -2.03. The second-order valence-electron chi connectivity index (χ2n) is 5.49. The second kappa shape index (κ2) is 5.64. The van der Waals surface area contributed by atoms with Crippen LogP contribution in [0.15, 0.2) is 20.2 Å². The van der Waals surface area contributed by atoms with Crippen LogP contribution in [0, 0.1) is 5.92 Å². The summed E-state index contributed by atoms with van der Waals surface area (Å²) in [4.78, 5) is 21.1. The van der Waals surface area contributed by atoms with Crippen molar-refractivity contribution < 1.29 is 4.52 Å². The molecule has 3 aromatic rings. The first-order chi connectivity index (χ1) is 10.5. The van der Waals surface area contributed by atoms with Gasteiger partial charge < -0.3 is 4.52 Å². The smallest absolute Gasteiger partial charge is 0.266 e. The van der Waals surface area contributed by atoms with Gasteiger partial charge in [0.1, 0.15) is 22.9 Å². The average Bonchev–Trinajstić information content (AvgIpc) is 2.98. The van der Waals surface area contributed by atoms with Crippen LogP contribution in [0.3, 0.4) is 0 Å². The Labute approximate surface area is 134 Å². The van der Waals surface area contributed by atoms with Crippen LogP contribution in [-0.4, -0.2) is 29.5 Å². The lowest BCUT2D eigenvalue weighted by molar-refractivity contribution is 0.362. The second-order valence-corrected chi connectivity index (χ2v) is 6.24. The van der Waals surface area contributed by atoms with Gasteiger partial charge in [-0.05, 0) is 21.8 Å². The van der Waals surface area contributed by atoms with Gasteiger partial charge >= 0.3 is 0 Å². The topological polar surface area (TPSA) is 91.6 Å². The van der Waals surface area contributed by atoms with Gasteiger partial charge in [-0.3, -0.25) is 9.36 Å². The molecule has 0 aromatic carbocycles. The zero-order chi connectivity index (χ0) is 15.9. The molecular weight excluding hydrogens is 352 g/mol. The molecule has 0 bridgehead atoms. The number of aromatic nitrogens is 6. The molecule has 9 heteroatoms. The summed E-state index contributed by atoms with van der Waals surface area (Å²) >= 11 is 3.28. The summed E-state index contributed by atoms with van der Waals surface area (Å²) in [6.07, 6.45) is 2.20. The first-order valence-electron chi connectivity index (χ1n) is 6.84. The van der Waals surface area contributed by atoms with Crippen molar-refractivity contribution in [2.24, 2.45) is 13.0 Å². The lowest BCUT2D eigenvalue weighted by Crippen LogP contribution is -2.21. The highest BCUT2D eigenvalue weighted by atomic mass is 79.9. The lowest BCUT2D eigenvalue weighted by Gasteiger charge is -2.01. The SMILES string of the molecule is CC(C)Cc1noc(Cn2cnc3c(c(Br)nn3C)c2=O)n1. The average molecular weight is 367 g/mol. The first-order valence-corrected chi connectivity index (χ1v) is 7.64. The molecule has 0 saturated carbocycles. The number of hydrogen-bond donors (Lipinski definition) is 0. The number of fused-ring (bicyclic) bond motifs is 1. The molecule has 0 aliphatic heterocycles. The fraction of sp³-hybridized carbons (Fsp3) is 0.462. The van der Waals surface area contributed by atoms with Crippen molar-refractivity contribution in [2.75, 3.05) is 0 Å². The third-order valence-corrected chi connectivity index (χ3v) is 3.73. The van der Waals surface area contributed by atoms with Crippen LogP contribution in [-0.2, 0) is 20.0 Å². The van der Waals surface area contributed by atoms with Gasteiger partial charge in [-0.1, -0.05) is 19.0 Å². The molecule has 0 amide bonds. The van der Waals surface area contributed by atoms with E-state index in [0.717, 1.165) is 6.42 Å². The van der Waals surface area contributed by atoms with Gasteiger partial charge in [-0.25, -0.2) is 9.67 Å². The number of rotatable bonds is 4. The predicted molar refractivity (Wildman–Crippen MR) is 82.4 cm³/mol. The third-order valence-electron chi connectivity index (χ3n) is 3.17. The van der Waals surface area contributed by atoms with Crippen LogP contribution >= 0.6 is 15.9 Å². The van der Waals surface area contributed by atoms with Gasteiger partial charge in [0.05, 0.1) is 0 Å². The number of halogens is 1. The van der Waals surface area contributed by atoms with Crippen LogP contribution in [0.4, 0.5) is 0 Å². The zero-order valence-electron chi connectivity index (χ0n) is 12.4. The quantitative estimate of drug-likeness (QED) is 0.694. The maximum absolute atomic E-state index is 12.5. The molecule has 0 aliphatic carbocycles. The monoisotopic (exact) mass is 366 g/mol. The maximum Gasteiger partial charge on any atom is 0.266 e. The van der Waals surface area contributed by atoms with E-state index in [1.807, 2.05) is 0 Å². The van der Waals surface area contributed by atoms with Crippen LogP contribution in [0.5, 0.6) is 0 Å². The standard InChI is InChI=1S/C13H15BrN6O2/c1-7(2)4-8-16-9(22-18-8)5-20-6-15-12-10(13(20)21)11(14)17-19(12)3/h6-7H,4-5H2,1-3H3. The van der Waals surface area contributed by atoms with E-state index in [2.05, 4.69) is 50.0 Å². The Morgan fingerprint density at radius 1 is 1.41 bits per heavy atom. The summed E-state index contributed by atoms with van der Waals surface area (Å²) in [6, 6.07) is 0. The molecule has 0 fully saturated rings. The van der Waals surface area contributed by atoms with Gasteiger partial charge in [0, 0.05) is 13.5 Å². The summed E-state index contributed by atoms with van der Waals surface area (Å²) in [6.45, 7) is 4.35. The third kappa shape index (κ3) is 2.68. The molecule has 116 valence electrons. The summed E-state index contributed by atoms with van der Waals surface area (Å²) in [7, 11) is 1.74. The Kier molecular flexibility index (Phi) is 3.81. The van der Waals surface area contributed by atoms with E-state index in [0.29, 0.717) is 33.3 Å². The van der Waals surface area contributed by atoms with Crippen LogP contribution in [0.1, 0.15) is 25.6 Å². The summed E-state index contributed by atoms with van der Waals surface area (Å²) < 4.78 is 8.65. The minimum atomic E-state index is -0.200. The molecule has 8 nitrogen and oxygen atoms in total. The van der Waals surface area contributed by atoms with Crippen molar-refractivity contribution in [3.8, 4) is 0 Å². The van der Waals surface area contributed by atoms with E-state index in [4.69, 9.17) is 4.52 Å². The van der Waals surface area contributed by atoms with E-state index in [-0.39, 0.29) is 12.1 Å². The number of hydrogen-bond acceptors (Lipinski definition) is 6. The number of nitrogens with zero attached hydrogens (tertiary/aromatic N) is 6.